The maximum atomic E-state index is 13.2. The highest BCUT2D eigenvalue weighted by Crippen LogP contribution is 2.55. The van der Waals surface area contributed by atoms with Gasteiger partial charge in [-0.15, -0.1) is 0 Å². The Morgan fingerprint density at radius 2 is 1.88 bits per heavy atom. The molecule has 1 aromatic carbocycles. The Morgan fingerprint density at radius 1 is 1.20 bits per heavy atom. The molecule has 0 aliphatic carbocycles. The molecule has 0 bridgehead atoms. The van der Waals surface area contributed by atoms with Crippen molar-refractivity contribution in [3.8, 4) is 0 Å². The number of rotatable bonds is 2. The first-order chi connectivity index (χ1) is 11.9. The molecule has 0 saturated carbocycles. The number of thiazole rings is 1. The van der Waals surface area contributed by atoms with Crippen LogP contribution in [0.3, 0.4) is 0 Å². The second kappa shape index (κ2) is 5.54. The molecule has 4 rings (SSSR count). The largest absolute Gasteiger partial charge is 0.307 e. The van der Waals surface area contributed by atoms with Crippen molar-refractivity contribution >= 4 is 40.6 Å². The molecule has 0 radical (unpaired) electrons. The lowest BCUT2D eigenvalue weighted by Crippen LogP contribution is -2.43. The van der Waals surface area contributed by atoms with E-state index in [0.717, 1.165) is 21.1 Å². The molecule has 1 N–H and O–H groups in total. The number of imide groups is 1. The first-order valence-electron chi connectivity index (χ1n) is 7.90. The van der Waals surface area contributed by atoms with Crippen molar-refractivity contribution in [3.63, 3.8) is 0 Å². The number of aromatic amines is 1. The molecule has 0 spiro atoms. The highest BCUT2D eigenvalue weighted by molar-refractivity contribution is 8.00. The lowest BCUT2D eigenvalue weighted by atomic mass is 9.72. The number of thioether (sulfide) groups is 1. The number of carbonyl (C=O) groups excluding carboxylic acids is 2. The Balaban J connectivity index is 1.83. The summed E-state index contributed by atoms with van der Waals surface area (Å²) in [6, 6.07) is 5.35. The lowest BCUT2D eigenvalue weighted by Gasteiger charge is -2.38. The monoisotopic (exact) mass is 378 g/mol. The van der Waals surface area contributed by atoms with Crippen LogP contribution in [0.15, 0.2) is 34.1 Å². The fourth-order valence-electron chi connectivity index (χ4n) is 3.64. The van der Waals surface area contributed by atoms with Crippen LogP contribution in [0.2, 0.25) is 0 Å². The number of aromatic nitrogens is 1. The second-order valence-electron chi connectivity index (χ2n) is 6.45. The normalized spacial score (nSPS) is 28.2. The molecule has 2 aromatic rings. The standard InChI is InChI=1S/C17H15FN2O3S2/c1-3-17(2)10-11(24-13-12(17)25-16(23)19-13)15(22)20(14(10)21)9-6-4-8(18)5-7-9/h4-7,10-11H,3H2,1-2H3,(H,19,23)/t10-,11+,17+/m1/s1. The quantitative estimate of drug-likeness (QED) is 0.816. The Bertz CT molecular complexity index is 936. The number of nitrogens with one attached hydrogen (secondary N) is 1. The van der Waals surface area contributed by atoms with Gasteiger partial charge >= 0.3 is 4.87 Å². The van der Waals surface area contributed by atoms with Gasteiger partial charge < -0.3 is 4.98 Å². The summed E-state index contributed by atoms with van der Waals surface area (Å²) in [5.74, 6) is -1.57. The molecule has 2 amide bonds. The number of H-pyrrole nitrogens is 1. The van der Waals surface area contributed by atoms with Crippen LogP contribution in [0.1, 0.15) is 25.1 Å². The number of amides is 2. The van der Waals surface area contributed by atoms with Crippen LogP contribution >= 0.6 is 23.1 Å². The zero-order valence-corrected chi connectivity index (χ0v) is 15.2. The molecule has 8 heteroatoms. The second-order valence-corrected chi connectivity index (χ2v) is 8.58. The zero-order valence-electron chi connectivity index (χ0n) is 13.5. The minimum Gasteiger partial charge on any atom is -0.307 e. The van der Waals surface area contributed by atoms with Crippen molar-refractivity contribution in [2.24, 2.45) is 5.92 Å². The topological polar surface area (TPSA) is 70.2 Å². The van der Waals surface area contributed by atoms with E-state index in [-0.39, 0.29) is 16.7 Å². The van der Waals surface area contributed by atoms with E-state index < -0.39 is 22.4 Å². The number of carbonyl (C=O) groups is 2. The SMILES string of the molecule is CC[C@]1(C)c2sc(=O)[nH]c2S[C@@H]2C(=O)N(c3ccc(F)cc3)C(=O)[C@@H]21. The first-order valence-corrected chi connectivity index (χ1v) is 9.60. The summed E-state index contributed by atoms with van der Waals surface area (Å²) in [6.07, 6.45) is 0.631. The van der Waals surface area contributed by atoms with Crippen LogP contribution in [0.25, 0.3) is 0 Å². The van der Waals surface area contributed by atoms with Crippen molar-refractivity contribution in [1.82, 2.24) is 4.98 Å². The van der Waals surface area contributed by atoms with Gasteiger partial charge in [0.05, 0.1) is 16.6 Å². The van der Waals surface area contributed by atoms with Crippen LogP contribution in [0.5, 0.6) is 0 Å². The smallest absolute Gasteiger partial charge is 0.305 e. The van der Waals surface area contributed by atoms with Crippen molar-refractivity contribution in [2.75, 3.05) is 4.90 Å². The minimum absolute atomic E-state index is 0.174. The van der Waals surface area contributed by atoms with Gasteiger partial charge in [0.2, 0.25) is 11.8 Å². The highest BCUT2D eigenvalue weighted by atomic mass is 32.2. The fourth-order valence-corrected chi connectivity index (χ4v) is 6.46. The number of benzene rings is 1. The summed E-state index contributed by atoms with van der Waals surface area (Å²) in [5.41, 5.74) is -0.210. The van der Waals surface area contributed by atoms with E-state index in [9.17, 15) is 18.8 Å². The molecule has 3 atom stereocenters. The van der Waals surface area contributed by atoms with Crippen LogP contribution < -0.4 is 9.77 Å². The molecule has 1 saturated heterocycles. The Morgan fingerprint density at radius 3 is 2.52 bits per heavy atom. The van der Waals surface area contributed by atoms with Crippen LogP contribution in [-0.4, -0.2) is 22.0 Å². The third-order valence-corrected chi connectivity index (χ3v) is 7.70. The van der Waals surface area contributed by atoms with Crippen molar-refractivity contribution in [3.05, 3.63) is 44.6 Å². The Hall–Kier alpha value is -1.93. The number of anilines is 1. The number of hydrogen-bond donors (Lipinski definition) is 1. The van der Waals surface area contributed by atoms with Gasteiger partial charge in [0.15, 0.2) is 0 Å². The number of nitrogens with zero attached hydrogens (tertiary/aromatic N) is 1. The summed E-state index contributed by atoms with van der Waals surface area (Å²) in [6.45, 7) is 3.89. The van der Waals surface area contributed by atoms with E-state index in [0.29, 0.717) is 17.1 Å². The summed E-state index contributed by atoms with van der Waals surface area (Å²) < 4.78 is 13.2. The summed E-state index contributed by atoms with van der Waals surface area (Å²) in [7, 11) is 0. The molecule has 5 nitrogen and oxygen atoms in total. The van der Waals surface area contributed by atoms with Crippen LogP contribution in [-0.2, 0) is 15.0 Å². The third kappa shape index (κ3) is 2.23. The van der Waals surface area contributed by atoms with Crippen molar-refractivity contribution < 1.29 is 14.0 Å². The van der Waals surface area contributed by atoms with E-state index >= 15 is 0 Å². The predicted octanol–water partition coefficient (Wildman–Crippen LogP) is 2.91. The van der Waals surface area contributed by atoms with E-state index in [1.807, 2.05) is 13.8 Å². The predicted molar refractivity (Wildman–Crippen MR) is 94.6 cm³/mol. The molecule has 2 aliphatic heterocycles. The minimum atomic E-state index is -0.587. The number of halogens is 1. The van der Waals surface area contributed by atoms with Crippen LogP contribution in [0, 0.1) is 11.7 Å². The van der Waals surface area contributed by atoms with Gasteiger partial charge in [0.1, 0.15) is 11.1 Å². The molecular weight excluding hydrogens is 363 g/mol. The maximum Gasteiger partial charge on any atom is 0.305 e. The summed E-state index contributed by atoms with van der Waals surface area (Å²) >= 11 is 2.36. The van der Waals surface area contributed by atoms with Gasteiger partial charge in [-0.25, -0.2) is 9.29 Å². The molecule has 25 heavy (non-hydrogen) atoms. The third-order valence-electron chi connectivity index (χ3n) is 5.14. The lowest BCUT2D eigenvalue weighted by molar-refractivity contribution is -0.123. The number of hydrogen-bond acceptors (Lipinski definition) is 5. The summed E-state index contributed by atoms with van der Waals surface area (Å²) in [5, 5.41) is 0.1000. The van der Waals surface area contributed by atoms with E-state index in [1.165, 1.54) is 36.0 Å². The molecule has 130 valence electrons. The van der Waals surface area contributed by atoms with Gasteiger partial charge in [0.25, 0.3) is 0 Å². The van der Waals surface area contributed by atoms with Gasteiger partial charge in [-0.05, 0) is 30.7 Å². The van der Waals surface area contributed by atoms with E-state index in [2.05, 4.69) is 4.98 Å². The van der Waals surface area contributed by atoms with E-state index in [4.69, 9.17) is 0 Å². The van der Waals surface area contributed by atoms with Gasteiger partial charge in [-0.3, -0.25) is 14.4 Å². The van der Waals surface area contributed by atoms with Gasteiger partial charge in [0, 0.05) is 10.3 Å². The van der Waals surface area contributed by atoms with E-state index in [1.54, 1.807) is 0 Å². The molecular formula is C17H15FN2O3S2. The zero-order chi connectivity index (χ0) is 17.9. The fraction of sp³-hybridized carbons (Fsp3) is 0.353. The summed E-state index contributed by atoms with van der Waals surface area (Å²) in [4.78, 5) is 42.5. The van der Waals surface area contributed by atoms with Crippen molar-refractivity contribution in [2.45, 2.75) is 36.0 Å². The highest BCUT2D eigenvalue weighted by Gasteiger charge is 2.60. The van der Waals surface area contributed by atoms with Gasteiger partial charge in [-0.2, -0.15) is 0 Å². The van der Waals surface area contributed by atoms with Crippen LogP contribution in [0.4, 0.5) is 10.1 Å². The molecule has 3 heterocycles. The van der Waals surface area contributed by atoms with Crippen molar-refractivity contribution in [1.29, 1.82) is 0 Å². The Kier molecular flexibility index (Phi) is 3.66. The average molecular weight is 378 g/mol. The molecule has 1 fully saturated rings. The first kappa shape index (κ1) is 16.5. The molecule has 2 aliphatic rings. The van der Waals surface area contributed by atoms with Gasteiger partial charge in [-0.1, -0.05) is 36.9 Å². The number of fused-ring (bicyclic) bond motifs is 2. The average Bonchev–Trinajstić information content (AvgIpc) is 3.08. The molecule has 1 aromatic heterocycles. The Labute approximate surface area is 151 Å². The maximum absolute atomic E-state index is 13.2. The molecule has 0 unspecified atom stereocenters.